The van der Waals surface area contributed by atoms with E-state index in [1.807, 2.05) is 13.0 Å². The molecule has 0 aliphatic rings. The molecule has 19 heavy (non-hydrogen) atoms. The van der Waals surface area contributed by atoms with Crippen LogP contribution in [0, 0.1) is 6.92 Å². The molecule has 0 unspecified atom stereocenters. The fraction of sp³-hybridized carbons (Fsp3) is 0.143. The summed E-state index contributed by atoms with van der Waals surface area (Å²) < 4.78 is 5.08. The summed E-state index contributed by atoms with van der Waals surface area (Å²) in [5.74, 6) is 0.0783. The van der Waals surface area contributed by atoms with Crippen LogP contribution in [0.5, 0.6) is 5.88 Å². The number of aromatic nitrogens is 1. The maximum Gasteiger partial charge on any atom is 0.257 e. The van der Waals surface area contributed by atoms with E-state index in [1.165, 1.54) is 7.11 Å². The number of benzene rings is 1. The number of pyridine rings is 1. The van der Waals surface area contributed by atoms with E-state index in [2.05, 4.69) is 10.3 Å². The van der Waals surface area contributed by atoms with E-state index in [9.17, 15) is 4.79 Å². The smallest absolute Gasteiger partial charge is 0.257 e. The first-order valence-electron chi connectivity index (χ1n) is 5.78. The van der Waals surface area contributed by atoms with Crippen LogP contribution in [0.25, 0.3) is 0 Å². The van der Waals surface area contributed by atoms with Crippen molar-refractivity contribution in [2.45, 2.75) is 6.92 Å². The number of rotatable bonds is 3. The number of anilines is 2. The van der Waals surface area contributed by atoms with Crippen LogP contribution in [-0.4, -0.2) is 18.0 Å². The molecule has 0 bridgehead atoms. The number of nitrogens with two attached hydrogens (primary N) is 1. The Kier molecular flexibility index (Phi) is 3.66. The highest BCUT2D eigenvalue weighted by Crippen LogP contribution is 2.22. The molecule has 5 nitrogen and oxygen atoms in total. The van der Waals surface area contributed by atoms with E-state index < -0.39 is 0 Å². The number of nitrogens with one attached hydrogen (secondary N) is 1. The Labute approximate surface area is 111 Å². The van der Waals surface area contributed by atoms with E-state index in [0.29, 0.717) is 22.8 Å². The van der Waals surface area contributed by atoms with Crippen molar-refractivity contribution >= 4 is 17.3 Å². The molecule has 0 radical (unpaired) electrons. The van der Waals surface area contributed by atoms with Crippen molar-refractivity contribution < 1.29 is 9.53 Å². The highest BCUT2D eigenvalue weighted by Gasteiger charge is 2.12. The van der Waals surface area contributed by atoms with Crippen LogP contribution >= 0.6 is 0 Å². The summed E-state index contributed by atoms with van der Waals surface area (Å²) in [5.41, 5.74) is 8.16. The average molecular weight is 257 g/mol. The fourth-order valence-electron chi connectivity index (χ4n) is 1.71. The number of amides is 1. The Balaban J connectivity index is 2.28. The highest BCUT2D eigenvalue weighted by atomic mass is 16.5. The molecule has 5 heteroatoms. The second-order valence-electron chi connectivity index (χ2n) is 4.11. The second kappa shape index (κ2) is 5.39. The lowest BCUT2D eigenvalue weighted by Crippen LogP contribution is -2.15. The minimum absolute atomic E-state index is 0.285. The monoisotopic (exact) mass is 257 g/mol. The maximum absolute atomic E-state index is 12.2. The van der Waals surface area contributed by atoms with Crippen molar-refractivity contribution in [1.82, 2.24) is 4.98 Å². The van der Waals surface area contributed by atoms with Crippen molar-refractivity contribution in [1.29, 1.82) is 0 Å². The number of hydrogen-bond acceptors (Lipinski definition) is 4. The van der Waals surface area contributed by atoms with Gasteiger partial charge in [0.2, 0.25) is 5.88 Å². The minimum Gasteiger partial charge on any atom is -0.480 e. The van der Waals surface area contributed by atoms with Gasteiger partial charge >= 0.3 is 0 Å². The first-order chi connectivity index (χ1) is 9.11. The molecule has 3 N–H and O–H groups in total. The molecule has 0 aliphatic heterocycles. The van der Waals surface area contributed by atoms with Gasteiger partial charge in [0, 0.05) is 11.9 Å². The Bertz CT molecular complexity index is 611. The van der Waals surface area contributed by atoms with E-state index in [4.69, 9.17) is 10.5 Å². The summed E-state index contributed by atoms with van der Waals surface area (Å²) >= 11 is 0. The molecule has 0 spiro atoms. The zero-order chi connectivity index (χ0) is 13.8. The standard InChI is InChI=1S/C14H15N3O2/c1-9-5-6-11(15)10(8-9)13(18)17-12-4-3-7-16-14(12)19-2/h3-8H,15H2,1-2H3,(H,17,18). The van der Waals surface area contributed by atoms with Gasteiger partial charge in [0.25, 0.3) is 5.91 Å². The van der Waals surface area contributed by atoms with Gasteiger partial charge in [-0.3, -0.25) is 4.79 Å². The van der Waals surface area contributed by atoms with Gasteiger partial charge in [0.1, 0.15) is 5.69 Å². The highest BCUT2D eigenvalue weighted by molar-refractivity contribution is 6.08. The van der Waals surface area contributed by atoms with Crippen molar-refractivity contribution in [3.8, 4) is 5.88 Å². The van der Waals surface area contributed by atoms with Gasteiger partial charge < -0.3 is 15.8 Å². The largest absolute Gasteiger partial charge is 0.480 e. The molecule has 2 aromatic rings. The Morgan fingerprint density at radius 3 is 2.89 bits per heavy atom. The van der Waals surface area contributed by atoms with Crippen molar-refractivity contribution in [2.75, 3.05) is 18.2 Å². The molecule has 2 rings (SSSR count). The SMILES string of the molecule is COc1ncccc1NC(=O)c1cc(C)ccc1N. The molecule has 1 amide bonds. The maximum atomic E-state index is 12.2. The summed E-state index contributed by atoms with van der Waals surface area (Å²) in [6.45, 7) is 1.90. The Morgan fingerprint density at radius 2 is 2.16 bits per heavy atom. The van der Waals surface area contributed by atoms with Gasteiger partial charge in [-0.05, 0) is 31.2 Å². The van der Waals surface area contributed by atoms with E-state index in [0.717, 1.165) is 5.56 Å². The number of nitrogen functional groups attached to an aromatic ring is 1. The van der Waals surface area contributed by atoms with E-state index in [1.54, 1.807) is 30.5 Å². The van der Waals surface area contributed by atoms with E-state index >= 15 is 0 Å². The summed E-state index contributed by atoms with van der Waals surface area (Å²) in [5, 5.41) is 2.74. The lowest BCUT2D eigenvalue weighted by atomic mass is 10.1. The van der Waals surface area contributed by atoms with Gasteiger partial charge in [-0.25, -0.2) is 4.98 Å². The van der Waals surface area contributed by atoms with Crippen LogP contribution in [0.3, 0.4) is 0 Å². The first kappa shape index (κ1) is 12.9. The number of aryl methyl sites for hydroxylation is 1. The third-order valence-corrected chi connectivity index (χ3v) is 2.67. The molecule has 1 aromatic heterocycles. The van der Waals surface area contributed by atoms with E-state index in [-0.39, 0.29) is 5.91 Å². The lowest BCUT2D eigenvalue weighted by Gasteiger charge is -2.10. The van der Waals surface area contributed by atoms with Crippen molar-refractivity contribution in [3.63, 3.8) is 0 Å². The predicted octanol–water partition coefficient (Wildman–Crippen LogP) is 2.23. The number of ether oxygens (including phenoxy) is 1. The summed E-state index contributed by atoms with van der Waals surface area (Å²) in [4.78, 5) is 16.2. The van der Waals surface area contributed by atoms with Crippen LogP contribution in [0.4, 0.5) is 11.4 Å². The van der Waals surface area contributed by atoms with Crippen LogP contribution in [-0.2, 0) is 0 Å². The average Bonchev–Trinajstić information content (AvgIpc) is 2.42. The molecular formula is C14H15N3O2. The number of methoxy groups -OCH3 is 1. The predicted molar refractivity (Wildman–Crippen MR) is 74.3 cm³/mol. The fourth-order valence-corrected chi connectivity index (χ4v) is 1.71. The topological polar surface area (TPSA) is 77.2 Å². The van der Waals surface area contributed by atoms with Crippen molar-refractivity contribution in [2.24, 2.45) is 0 Å². The summed E-state index contributed by atoms with van der Waals surface area (Å²) in [6, 6.07) is 8.75. The number of carbonyl (C=O) groups excluding carboxylic acids is 1. The molecule has 0 saturated carbocycles. The van der Waals surface area contributed by atoms with Gasteiger partial charge in [-0.2, -0.15) is 0 Å². The van der Waals surface area contributed by atoms with Gasteiger partial charge in [0.15, 0.2) is 0 Å². The number of hydrogen-bond donors (Lipinski definition) is 2. The zero-order valence-electron chi connectivity index (χ0n) is 10.8. The molecule has 1 aromatic carbocycles. The Morgan fingerprint density at radius 1 is 1.37 bits per heavy atom. The normalized spacial score (nSPS) is 10.0. The van der Waals surface area contributed by atoms with Crippen LogP contribution in [0.1, 0.15) is 15.9 Å². The van der Waals surface area contributed by atoms with Crippen molar-refractivity contribution in [3.05, 3.63) is 47.7 Å². The molecule has 98 valence electrons. The van der Waals surface area contributed by atoms with Gasteiger partial charge in [-0.1, -0.05) is 11.6 Å². The molecule has 0 aliphatic carbocycles. The lowest BCUT2D eigenvalue weighted by molar-refractivity contribution is 0.102. The van der Waals surface area contributed by atoms with Crippen LogP contribution in [0.2, 0.25) is 0 Å². The number of carbonyl (C=O) groups is 1. The van der Waals surface area contributed by atoms with Gasteiger partial charge in [-0.15, -0.1) is 0 Å². The van der Waals surface area contributed by atoms with Crippen LogP contribution in [0.15, 0.2) is 36.5 Å². The molecule has 0 atom stereocenters. The second-order valence-corrected chi connectivity index (χ2v) is 4.11. The zero-order valence-corrected chi connectivity index (χ0v) is 10.8. The summed E-state index contributed by atoms with van der Waals surface area (Å²) in [7, 11) is 1.50. The quantitative estimate of drug-likeness (QED) is 0.827. The minimum atomic E-state index is -0.285. The van der Waals surface area contributed by atoms with Gasteiger partial charge in [0.05, 0.1) is 12.7 Å². The molecule has 1 heterocycles. The molecule has 0 fully saturated rings. The molecular weight excluding hydrogens is 242 g/mol. The molecule has 0 saturated heterocycles. The number of nitrogens with zero attached hydrogens (tertiary/aromatic N) is 1. The third-order valence-electron chi connectivity index (χ3n) is 2.67. The first-order valence-corrected chi connectivity index (χ1v) is 5.78. The Hall–Kier alpha value is -2.56. The third kappa shape index (κ3) is 2.82. The van der Waals surface area contributed by atoms with Crippen LogP contribution < -0.4 is 15.8 Å². The summed E-state index contributed by atoms with van der Waals surface area (Å²) in [6.07, 6.45) is 1.59.